The number of hydrogen-bond donors (Lipinski definition) is 1. The lowest BCUT2D eigenvalue weighted by atomic mass is 9.96. The Bertz CT molecular complexity index is 757. The molecule has 0 aliphatic carbocycles. The van der Waals surface area contributed by atoms with Gasteiger partial charge in [0.2, 0.25) is 5.91 Å². The van der Waals surface area contributed by atoms with Crippen molar-refractivity contribution in [2.45, 2.75) is 26.7 Å². The molecule has 0 radical (unpaired) electrons. The smallest absolute Gasteiger partial charge is 0.265 e. The number of nitrogens with one attached hydrogen (secondary N) is 1. The van der Waals surface area contributed by atoms with Crippen molar-refractivity contribution < 1.29 is 14.0 Å². The molecule has 1 aliphatic rings. The van der Waals surface area contributed by atoms with Crippen LogP contribution in [0, 0.1) is 19.8 Å². The average Bonchev–Trinajstić information content (AvgIpc) is 3.19. The molecule has 0 saturated carbocycles. The molecule has 1 N–H and O–H groups in total. The zero-order valence-corrected chi connectivity index (χ0v) is 14.9. The van der Waals surface area contributed by atoms with Crippen LogP contribution in [0.5, 0.6) is 0 Å². The Labute approximate surface area is 144 Å². The van der Waals surface area contributed by atoms with Gasteiger partial charge in [0.1, 0.15) is 10.6 Å². The van der Waals surface area contributed by atoms with E-state index in [4.69, 9.17) is 4.42 Å². The molecule has 7 heteroatoms. The fraction of sp³-hybridized carbons (Fsp3) is 0.471. The largest absolute Gasteiger partial charge is 0.459 e. The second-order valence-electron chi connectivity index (χ2n) is 6.02. The molecule has 2 amide bonds. The van der Waals surface area contributed by atoms with Gasteiger partial charge in [-0.15, -0.1) is 11.3 Å². The van der Waals surface area contributed by atoms with Gasteiger partial charge in [-0.3, -0.25) is 9.59 Å². The molecule has 3 heterocycles. The molecule has 1 saturated heterocycles. The van der Waals surface area contributed by atoms with Crippen LogP contribution in [0.3, 0.4) is 0 Å². The van der Waals surface area contributed by atoms with Crippen molar-refractivity contribution >= 4 is 23.2 Å². The Kier molecular flexibility index (Phi) is 4.71. The predicted molar refractivity (Wildman–Crippen MR) is 92.0 cm³/mol. The number of likely N-dealkylation sites (tertiary alicyclic amines) is 1. The molecule has 1 aliphatic heterocycles. The van der Waals surface area contributed by atoms with Crippen LogP contribution in [-0.2, 0) is 4.79 Å². The fourth-order valence-corrected chi connectivity index (χ4v) is 3.94. The molecule has 3 rings (SSSR count). The molecule has 24 heavy (non-hydrogen) atoms. The number of rotatable bonds is 3. The minimum Gasteiger partial charge on any atom is -0.459 e. The van der Waals surface area contributed by atoms with Crippen molar-refractivity contribution in [1.82, 2.24) is 15.2 Å². The highest BCUT2D eigenvalue weighted by molar-refractivity contribution is 7.17. The molecule has 128 valence electrons. The summed E-state index contributed by atoms with van der Waals surface area (Å²) in [4.78, 5) is 31.4. The third-order valence-corrected chi connectivity index (χ3v) is 5.50. The molecule has 1 fully saturated rings. The van der Waals surface area contributed by atoms with E-state index in [2.05, 4.69) is 10.3 Å². The van der Waals surface area contributed by atoms with E-state index in [0.717, 1.165) is 16.5 Å². The first kappa shape index (κ1) is 16.7. The molecule has 2 aromatic heterocycles. The molecule has 0 aromatic carbocycles. The summed E-state index contributed by atoms with van der Waals surface area (Å²) in [6, 6.07) is 3.76. The third kappa shape index (κ3) is 3.21. The molecule has 0 unspecified atom stereocenters. The summed E-state index contributed by atoms with van der Waals surface area (Å²) in [6.45, 7) is 4.93. The van der Waals surface area contributed by atoms with E-state index in [1.807, 2.05) is 30.9 Å². The van der Waals surface area contributed by atoms with Gasteiger partial charge in [0, 0.05) is 26.1 Å². The first-order valence-electron chi connectivity index (χ1n) is 8.04. The molecule has 0 spiro atoms. The van der Waals surface area contributed by atoms with E-state index in [-0.39, 0.29) is 17.7 Å². The van der Waals surface area contributed by atoms with Crippen molar-refractivity contribution in [1.29, 1.82) is 0 Å². The number of amides is 2. The molecule has 0 atom stereocenters. The number of hydrogen-bond acceptors (Lipinski definition) is 5. The zero-order valence-electron chi connectivity index (χ0n) is 14.1. The Hall–Kier alpha value is -2.15. The van der Waals surface area contributed by atoms with Crippen LogP contribution in [-0.4, -0.2) is 41.8 Å². The number of piperidine rings is 1. The van der Waals surface area contributed by atoms with Crippen LogP contribution in [0.2, 0.25) is 0 Å². The molecule has 6 nitrogen and oxygen atoms in total. The normalized spacial score (nSPS) is 15.5. The third-order valence-electron chi connectivity index (χ3n) is 4.34. The van der Waals surface area contributed by atoms with E-state index in [1.54, 1.807) is 7.05 Å². The maximum absolute atomic E-state index is 12.8. The second kappa shape index (κ2) is 6.76. The Morgan fingerprint density at radius 2 is 2.00 bits per heavy atom. The monoisotopic (exact) mass is 347 g/mol. The summed E-state index contributed by atoms with van der Waals surface area (Å²) in [7, 11) is 1.65. The molecular weight excluding hydrogens is 326 g/mol. The van der Waals surface area contributed by atoms with Crippen LogP contribution >= 0.6 is 11.3 Å². The van der Waals surface area contributed by atoms with Crippen LogP contribution in [0.25, 0.3) is 10.8 Å². The maximum Gasteiger partial charge on any atom is 0.265 e. The van der Waals surface area contributed by atoms with Crippen molar-refractivity contribution in [2.24, 2.45) is 5.92 Å². The van der Waals surface area contributed by atoms with Crippen molar-refractivity contribution in [3.8, 4) is 10.8 Å². The van der Waals surface area contributed by atoms with Crippen LogP contribution in [0.4, 0.5) is 0 Å². The van der Waals surface area contributed by atoms with Gasteiger partial charge in [0.05, 0.1) is 5.69 Å². The van der Waals surface area contributed by atoms with Gasteiger partial charge < -0.3 is 14.6 Å². The lowest BCUT2D eigenvalue weighted by molar-refractivity contribution is -0.125. The van der Waals surface area contributed by atoms with Gasteiger partial charge in [-0.05, 0) is 38.8 Å². The SMILES string of the molecule is CNC(=O)C1CCN(C(=O)c2sc(-c3ccc(C)o3)nc2C)CC1. The van der Waals surface area contributed by atoms with Gasteiger partial charge in [0.15, 0.2) is 10.8 Å². The number of nitrogens with zero attached hydrogens (tertiary/aromatic N) is 2. The number of aryl methyl sites for hydroxylation is 2. The summed E-state index contributed by atoms with van der Waals surface area (Å²) in [5.41, 5.74) is 0.725. The van der Waals surface area contributed by atoms with Crippen molar-refractivity contribution in [3.05, 3.63) is 28.5 Å². The quantitative estimate of drug-likeness (QED) is 0.926. The highest BCUT2D eigenvalue weighted by Gasteiger charge is 2.29. The van der Waals surface area contributed by atoms with E-state index in [0.29, 0.717) is 36.6 Å². The topological polar surface area (TPSA) is 75.4 Å². The first-order valence-corrected chi connectivity index (χ1v) is 8.86. The summed E-state index contributed by atoms with van der Waals surface area (Å²) in [5.74, 6) is 1.57. The molecular formula is C17H21N3O3S. The van der Waals surface area contributed by atoms with Crippen LogP contribution in [0.15, 0.2) is 16.5 Å². The van der Waals surface area contributed by atoms with Gasteiger partial charge in [-0.25, -0.2) is 4.98 Å². The highest BCUT2D eigenvalue weighted by Crippen LogP contribution is 2.31. The van der Waals surface area contributed by atoms with Crippen LogP contribution < -0.4 is 5.32 Å². The predicted octanol–water partition coefficient (Wildman–Crippen LogP) is 2.62. The number of aromatic nitrogens is 1. The molecule has 2 aromatic rings. The van der Waals surface area contributed by atoms with Gasteiger partial charge in [0.25, 0.3) is 5.91 Å². The lowest BCUT2D eigenvalue weighted by Crippen LogP contribution is -2.42. The zero-order chi connectivity index (χ0) is 17.3. The maximum atomic E-state index is 12.8. The van der Waals surface area contributed by atoms with E-state index in [9.17, 15) is 9.59 Å². The van der Waals surface area contributed by atoms with Gasteiger partial charge in [-0.1, -0.05) is 0 Å². The first-order chi connectivity index (χ1) is 11.5. The summed E-state index contributed by atoms with van der Waals surface area (Å²) < 4.78 is 5.59. The minimum absolute atomic E-state index is 0.00302. The number of carbonyl (C=O) groups is 2. The number of thiazole rings is 1. The minimum atomic E-state index is -0.00474. The summed E-state index contributed by atoms with van der Waals surface area (Å²) in [5, 5.41) is 3.41. The lowest BCUT2D eigenvalue weighted by Gasteiger charge is -2.30. The Balaban J connectivity index is 1.72. The molecule has 0 bridgehead atoms. The van der Waals surface area contributed by atoms with Gasteiger partial charge in [-0.2, -0.15) is 0 Å². The fourth-order valence-electron chi connectivity index (χ4n) is 2.94. The standard InChI is InChI=1S/C17H21N3O3S/c1-10-4-5-13(23-10)16-19-11(2)14(24-16)17(22)20-8-6-12(7-9-20)15(21)18-3/h4-5,12H,6-9H2,1-3H3,(H,18,21). The number of carbonyl (C=O) groups excluding carboxylic acids is 2. The van der Waals surface area contributed by atoms with Crippen molar-refractivity contribution in [3.63, 3.8) is 0 Å². The Morgan fingerprint density at radius 3 is 2.58 bits per heavy atom. The Morgan fingerprint density at radius 1 is 1.29 bits per heavy atom. The van der Waals surface area contributed by atoms with Gasteiger partial charge >= 0.3 is 0 Å². The van der Waals surface area contributed by atoms with E-state index in [1.165, 1.54) is 11.3 Å². The van der Waals surface area contributed by atoms with E-state index >= 15 is 0 Å². The summed E-state index contributed by atoms with van der Waals surface area (Å²) in [6.07, 6.45) is 1.40. The highest BCUT2D eigenvalue weighted by atomic mass is 32.1. The second-order valence-corrected chi connectivity index (χ2v) is 7.02. The number of furan rings is 1. The van der Waals surface area contributed by atoms with Crippen molar-refractivity contribution in [2.75, 3.05) is 20.1 Å². The van der Waals surface area contributed by atoms with Crippen LogP contribution in [0.1, 0.15) is 34.0 Å². The average molecular weight is 347 g/mol. The summed E-state index contributed by atoms with van der Waals surface area (Å²) >= 11 is 1.36. The van der Waals surface area contributed by atoms with E-state index < -0.39 is 0 Å².